The van der Waals surface area contributed by atoms with Crippen LogP contribution in [0.5, 0.6) is 0 Å². The molecule has 1 N–H and O–H groups in total. The molecular weight excluding hydrogens is 182 g/mol. The minimum Gasteiger partial charge on any atom is -0.480 e. The second-order valence-electron chi connectivity index (χ2n) is 4.52. The van der Waals surface area contributed by atoms with Gasteiger partial charge in [-0.3, -0.25) is 4.79 Å². The highest BCUT2D eigenvalue weighted by atomic mass is 16.4. The van der Waals surface area contributed by atoms with Crippen molar-refractivity contribution in [3.63, 3.8) is 0 Å². The summed E-state index contributed by atoms with van der Waals surface area (Å²) in [5.74, 6) is -0.973. The first kappa shape index (κ1) is 9.49. The number of nitrogens with zero attached hydrogens (tertiary/aromatic N) is 1. The molecule has 0 radical (unpaired) electrons. The van der Waals surface area contributed by atoms with Crippen LogP contribution in [0.1, 0.15) is 32.6 Å². The number of hydrogen-bond acceptors (Lipinski definition) is 2. The number of piperidine rings is 1. The van der Waals surface area contributed by atoms with Gasteiger partial charge in [0.1, 0.15) is 6.04 Å². The molecule has 1 spiro atoms. The standard InChI is InChI=1S/C10H15NO3/c1-7(12)11-5-4-10(2-3-10)6-8(11)9(13)14/h8H,2-6H2,1H3,(H,13,14). The summed E-state index contributed by atoms with van der Waals surface area (Å²) in [6.07, 6.45) is 3.92. The summed E-state index contributed by atoms with van der Waals surface area (Å²) in [5, 5.41) is 9.02. The van der Waals surface area contributed by atoms with E-state index in [9.17, 15) is 9.59 Å². The minimum atomic E-state index is -0.855. The fourth-order valence-corrected chi connectivity index (χ4v) is 2.36. The number of likely N-dealkylation sites (tertiary alicyclic amines) is 1. The quantitative estimate of drug-likeness (QED) is 0.678. The Morgan fingerprint density at radius 1 is 1.36 bits per heavy atom. The first-order chi connectivity index (χ1) is 6.54. The Kier molecular flexibility index (Phi) is 2.01. The summed E-state index contributed by atoms with van der Waals surface area (Å²) in [6.45, 7) is 2.06. The van der Waals surface area contributed by atoms with Crippen molar-refractivity contribution in [1.82, 2.24) is 4.90 Å². The van der Waals surface area contributed by atoms with E-state index in [0.717, 1.165) is 19.3 Å². The zero-order valence-corrected chi connectivity index (χ0v) is 8.32. The second-order valence-corrected chi connectivity index (χ2v) is 4.52. The molecule has 1 unspecified atom stereocenters. The van der Waals surface area contributed by atoms with Crippen LogP contribution in [0.2, 0.25) is 0 Å². The molecule has 2 aliphatic rings. The smallest absolute Gasteiger partial charge is 0.326 e. The molecule has 2 fully saturated rings. The van der Waals surface area contributed by atoms with Gasteiger partial charge in [-0.25, -0.2) is 4.79 Å². The Morgan fingerprint density at radius 3 is 2.43 bits per heavy atom. The Balaban J connectivity index is 2.12. The number of carboxylic acid groups (broad SMARTS) is 1. The molecule has 1 aliphatic heterocycles. The van der Waals surface area contributed by atoms with Gasteiger partial charge in [-0.05, 0) is 31.1 Å². The maximum Gasteiger partial charge on any atom is 0.326 e. The van der Waals surface area contributed by atoms with E-state index in [1.54, 1.807) is 0 Å². The lowest BCUT2D eigenvalue weighted by Gasteiger charge is -2.36. The summed E-state index contributed by atoms with van der Waals surface area (Å²) in [7, 11) is 0. The number of amides is 1. The summed E-state index contributed by atoms with van der Waals surface area (Å²) < 4.78 is 0. The highest BCUT2D eigenvalue weighted by Gasteiger charge is 2.50. The van der Waals surface area contributed by atoms with Gasteiger partial charge in [0.25, 0.3) is 0 Å². The van der Waals surface area contributed by atoms with Crippen molar-refractivity contribution in [2.75, 3.05) is 6.54 Å². The van der Waals surface area contributed by atoms with E-state index in [1.165, 1.54) is 11.8 Å². The lowest BCUT2D eigenvalue weighted by Crippen LogP contribution is -2.49. The SMILES string of the molecule is CC(=O)N1CCC2(CC2)CC1C(=O)O. The fraction of sp³-hybridized carbons (Fsp3) is 0.800. The Morgan fingerprint density at radius 2 is 2.00 bits per heavy atom. The summed E-state index contributed by atoms with van der Waals surface area (Å²) in [4.78, 5) is 23.7. The van der Waals surface area contributed by atoms with Crippen molar-refractivity contribution < 1.29 is 14.7 Å². The first-order valence-electron chi connectivity index (χ1n) is 5.04. The van der Waals surface area contributed by atoms with Gasteiger partial charge in [-0.1, -0.05) is 0 Å². The normalized spacial score (nSPS) is 28.9. The van der Waals surface area contributed by atoms with Gasteiger partial charge in [-0.15, -0.1) is 0 Å². The van der Waals surface area contributed by atoms with E-state index in [4.69, 9.17) is 5.11 Å². The molecule has 4 nitrogen and oxygen atoms in total. The van der Waals surface area contributed by atoms with Gasteiger partial charge >= 0.3 is 5.97 Å². The number of rotatable bonds is 1. The average Bonchev–Trinajstić information content (AvgIpc) is 2.84. The third-order valence-corrected chi connectivity index (χ3v) is 3.53. The Bertz CT molecular complexity index is 283. The second kappa shape index (κ2) is 2.97. The van der Waals surface area contributed by atoms with E-state index in [1.807, 2.05) is 0 Å². The largest absolute Gasteiger partial charge is 0.480 e. The van der Waals surface area contributed by atoms with Gasteiger partial charge < -0.3 is 10.0 Å². The number of carboxylic acids is 1. The lowest BCUT2D eigenvalue weighted by atomic mass is 9.88. The van der Waals surface area contributed by atoms with Gasteiger partial charge in [0.2, 0.25) is 5.91 Å². The van der Waals surface area contributed by atoms with E-state index in [2.05, 4.69) is 0 Å². The van der Waals surface area contributed by atoms with Crippen molar-refractivity contribution in [1.29, 1.82) is 0 Å². The number of carbonyl (C=O) groups is 2. The van der Waals surface area contributed by atoms with Crippen LogP contribution in [0, 0.1) is 5.41 Å². The molecule has 1 saturated heterocycles. The van der Waals surface area contributed by atoms with E-state index in [0.29, 0.717) is 13.0 Å². The third-order valence-electron chi connectivity index (χ3n) is 3.53. The molecule has 4 heteroatoms. The van der Waals surface area contributed by atoms with Crippen molar-refractivity contribution in [3.05, 3.63) is 0 Å². The van der Waals surface area contributed by atoms with Crippen molar-refractivity contribution in [2.45, 2.75) is 38.6 Å². The van der Waals surface area contributed by atoms with Crippen molar-refractivity contribution in [3.8, 4) is 0 Å². The average molecular weight is 197 g/mol. The molecule has 78 valence electrons. The zero-order chi connectivity index (χ0) is 10.3. The van der Waals surface area contributed by atoms with Crippen LogP contribution >= 0.6 is 0 Å². The van der Waals surface area contributed by atoms with Crippen LogP contribution in [-0.4, -0.2) is 34.5 Å². The number of carbonyl (C=O) groups excluding carboxylic acids is 1. The van der Waals surface area contributed by atoms with Crippen LogP contribution < -0.4 is 0 Å². The van der Waals surface area contributed by atoms with Crippen LogP contribution in [0.25, 0.3) is 0 Å². The van der Waals surface area contributed by atoms with Crippen LogP contribution in [-0.2, 0) is 9.59 Å². The predicted molar refractivity (Wildman–Crippen MR) is 49.7 cm³/mol. The molecule has 14 heavy (non-hydrogen) atoms. The maximum absolute atomic E-state index is 11.2. The van der Waals surface area contributed by atoms with Crippen LogP contribution in [0.4, 0.5) is 0 Å². The van der Waals surface area contributed by atoms with Crippen LogP contribution in [0.3, 0.4) is 0 Å². The van der Waals surface area contributed by atoms with E-state index >= 15 is 0 Å². The van der Waals surface area contributed by atoms with Gasteiger partial charge in [0, 0.05) is 13.5 Å². The highest BCUT2D eigenvalue weighted by Crippen LogP contribution is 2.55. The highest BCUT2D eigenvalue weighted by molar-refractivity contribution is 5.82. The van der Waals surface area contributed by atoms with Crippen molar-refractivity contribution >= 4 is 11.9 Å². The Hall–Kier alpha value is -1.06. The Labute approximate surface area is 82.9 Å². The van der Waals surface area contributed by atoms with E-state index < -0.39 is 12.0 Å². The van der Waals surface area contributed by atoms with Gasteiger partial charge in [0.05, 0.1) is 0 Å². The fourth-order valence-electron chi connectivity index (χ4n) is 2.36. The van der Waals surface area contributed by atoms with Crippen LogP contribution in [0.15, 0.2) is 0 Å². The first-order valence-corrected chi connectivity index (χ1v) is 5.04. The number of aliphatic carboxylic acids is 1. The molecular formula is C10H15NO3. The number of hydrogen-bond donors (Lipinski definition) is 1. The van der Waals surface area contributed by atoms with Gasteiger partial charge in [-0.2, -0.15) is 0 Å². The molecule has 1 aliphatic carbocycles. The molecule has 0 aromatic rings. The summed E-state index contributed by atoms with van der Waals surface area (Å²) >= 11 is 0. The molecule has 1 atom stereocenters. The lowest BCUT2D eigenvalue weighted by molar-refractivity contribution is -0.152. The summed E-state index contributed by atoms with van der Waals surface area (Å²) in [5.41, 5.74) is 0.273. The summed E-state index contributed by atoms with van der Waals surface area (Å²) in [6, 6.07) is -0.580. The van der Waals surface area contributed by atoms with Crippen molar-refractivity contribution in [2.24, 2.45) is 5.41 Å². The molecule has 1 saturated carbocycles. The maximum atomic E-state index is 11.2. The molecule has 0 aromatic heterocycles. The monoisotopic (exact) mass is 197 g/mol. The molecule has 2 rings (SSSR count). The topological polar surface area (TPSA) is 57.6 Å². The predicted octanol–water partition coefficient (Wildman–Crippen LogP) is 0.862. The van der Waals surface area contributed by atoms with E-state index in [-0.39, 0.29) is 11.3 Å². The molecule has 0 aromatic carbocycles. The minimum absolute atomic E-state index is 0.118. The van der Waals surface area contributed by atoms with Gasteiger partial charge in [0.15, 0.2) is 0 Å². The molecule has 1 amide bonds. The third kappa shape index (κ3) is 1.49. The molecule has 0 bridgehead atoms. The molecule has 1 heterocycles. The zero-order valence-electron chi connectivity index (χ0n) is 8.32.